The summed E-state index contributed by atoms with van der Waals surface area (Å²) in [5, 5.41) is 1.38. The topological polar surface area (TPSA) is 85.0 Å². The summed E-state index contributed by atoms with van der Waals surface area (Å²) in [7, 11) is -0.710. The maximum atomic E-state index is 11.8. The molecule has 0 aromatic heterocycles. The monoisotopic (exact) mass is 420 g/mol. The van der Waals surface area contributed by atoms with Crippen molar-refractivity contribution >= 4 is 41.6 Å². The molecule has 26 heavy (non-hydrogen) atoms. The Balaban J connectivity index is 2.33. The van der Waals surface area contributed by atoms with Gasteiger partial charge < -0.3 is 14.4 Å². The molecule has 0 amide bonds. The smallest absolute Gasteiger partial charge is 0.338 e. The molecule has 2 unspecified atom stereocenters. The number of methoxy groups -OCH3 is 2. The average molecular weight is 421 g/mol. The van der Waals surface area contributed by atoms with Crippen LogP contribution in [0.15, 0.2) is 30.3 Å². The Hall–Kier alpha value is -1.01. The minimum atomic E-state index is -3.92. The molecule has 2 aromatic carbocycles. The Morgan fingerprint density at radius 2 is 1.92 bits per heavy atom. The molecule has 0 bridgehead atoms. The zero-order chi connectivity index (χ0) is 19.3. The maximum Gasteiger partial charge on any atom is 0.338 e. The Bertz CT molecular complexity index is 800. The highest BCUT2D eigenvalue weighted by Gasteiger charge is 2.26. The Kier molecular flexibility index (Phi) is 7.59. The van der Waals surface area contributed by atoms with Crippen LogP contribution in [0.1, 0.15) is 5.56 Å². The molecule has 6 nitrogen and oxygen atoms in total. The van der Waals surface area contributed by atoms with Crippen molar-refractivity contribution in [2.45, 2.75) is 11.8 Å². The third-order valence-corrected chi connectivity index (χ3v) is 5.69. The molecule has 0 radical (unpaired) electrons. The Labute approximate surface area is 163 Å². The van der Waals surface area contributed by atoms with Crippen LogP contribution >= 0.6 is 30.9 Å². The van der Waals surface area contributed by atoms with E-state index in [0.29, 0.717) is 17.9 Å². The molecule has 3 N–H and O–H groups in total. The summed E-state index contributed by atoms with van der Waals surface area (Å²) >= 11 is 12.1. The first-order valence-electron chi connectivity index (χ1n) is 8.01. The fraction of sp³-hybridized carbons (Fsp3) is 0.412. The van der Waals surface area contributed by atoms with Gasteiger partial charge in [-0.15, -0.1) is 23.2 Å². The van der Waals surface area contributed by atoms with Crippen molar-refractivity contribution in [1.82, 2.24) is 4.67 Å². The van der Waals surface area contributed by atoms with Gasteiger partial charge in [-0.25, -0.2) is 10.2 Å². The van der Waals surface area contributed by atoms with Crippen molar-refractivity contribution in [3.63, 3.8) is 0 Å². The van der Waals surface area contributed by atoms with Crippen LogP contribution in [0.3, 0.4) is 0 Å². The molecule has 9 heteroatoms. The second-order valence-corrected chi connectivity index (χ2v) is 8.55. The molecule has 2 atom stereocenters. The van der Waals surface area contributed by atoms with Gasteiger partial charge in [0.1, 0.15) is 11.5 Å². The summed E-state index contributed by atoms with van der Waals surface area (Å²) in [6.45, 7) is 0.296. The molecular weight excluding hydrogens is 398 g/mol. The molecule has 0 aliphatic carbocycles. The SMILES string of the molecule is COc1cc(CC(Cl)CN(CCCl)P(N)(=O)O)c(OC)c2ccccc12. The van der Waals surface area contributed by atoms with Gasteiger partial charge in [-0.3, -0.25) is 4.57 Å². The van der Waals surface area contributed by atoms with Crippen molar-refractivity contribution in [3.05, 3.63) is 35.9 Å². The molecule has 0 fully saturated rings. The number of alkyl halides is 2. The first kappa shape index (κ1) is 21.3. The lowest BCUT2D eigenvalue weighted by Crippen LogP contribution is -2.32. The summed E-state index contributed by atoms with van der Waals surface area (Å²) in [6.07, 6.45) is 0.407. The lowest BCUT2D eigenvalue weighted by molar-refractivity contribution is 0.353. The average Bonchev–Trinajstić information content (AvgIpc) is 2.59. The molecule has 0 spiro atoms. The number of benzene rings is 2. The van der Waals surface area contributed by atoms with E-state index in [-0.39, 0.29) is 19.0 Å². The van der Waals surface area contributed by atoms with Crippen LogP contribution < -0.4 is 15.0 Å². The van der Waals surface area contributed by atoms with Gasteiger partial charge in [-0.2, -0.15) is 0 Å². The quantitative estimate of drug-likeness (QED) is 0.476. The van der Waals surface area contributed by atoms with Crippen LogP contribution in [-0.2, 0) is 11.0 Å². The number of hydrogen-bond donors (Lipinski definition) is 2. The molecule has 0 heterocycles. The zero-order valence-electron chi connectivity index (χ0n) is 14.7. The van der Waals surface area contributed by atoms with E-state index >= 15 is 0 Å². The molecule has 2 rings (SSSR count). The predicted octanol–water partition coefficient (Wildman–Crippen LogP) is 3.61. The van der Waals surface area contributed by atoms with E-state index < -0.39 is 13.0 Å². The lowest BCUT2D eigenvalue weighted by Gasteiger charge is -2.26. The number of halogens is 2. The van der Waals surface area contributed by atoms with Crippen LogP contribution in [0.2, 0.25) is 0 Å². The second-order valence-electron chi connectivity index (χ2n) is 5.81. The van der Waals surface area contributed by atoms with Gasteiger partial charge in [0.2, 0.25) is 0 Å². The first-order chi connectivity index (χ1) is 12.3. The standard InChI is InChI=1S/C17H23Cl2N2O4P/c1-24-16-10-12(17(25-2)15-6-4-3-5-14(15)16)9-13(19)11-21(8-7-18)26(20,22)23/h3-6,10,13H,7-9,11H2,1-2H3,(H3,20,22,23). The number of rotatable bonds is 9. The van der Waals surface area contributed by atoms with Crippen molar-refractivity contribution in [2.24, 2.45) is 5.50 Å². The van der Waals surface area contributed by atoms with Crippen molar-refractivity contribution in [1.29, 1.82) is 0 Å². The van der Waals surface area contributed by atoms with Crippen LogP contribution in [0.4, 0.5) is 0 Å². The third-order valence-electron chi connectivity index (χ3n) is 4.06. The van der Waals surface area contributed by atoms with Gasteiger partial charge in [0.15, 0.2) is 0 Å². The van der Waals surface area contributed by atoms with E-state index in [4.69, 9.17) is 38.2 Å². The number of ether oxygens (including phenoxy) is 2. The zero-order valence-corrected chi connectivity index (χ0v) is 17.1. The van der Waals surface area contributed by atoms with E-state index in [0.717, 1.165) is 16.3 Å². The number of hydrogen-bond acceptors (Lipinski definition) is 3. The Morgan fingerprint density at radius 3 is 2.46 bits per heavy atom. The molecule has 0 aliphatic rings. The van der Waals surface area contributed by atoms with E-state index in [2.05, 4.69) is 0 Å². The first-order valence-corrected chi connectivity index (χ1v) is 10.7. The molecule has 144 valence electrons. The third kappa shape index (κ3) is 5.03. The number of fused-ring (bicyclic) bond motifs is 1. The van der Waals surface area contributed by atoms with Crippen LogP contribution in [0.5, 0.6) is 11.5 Å². The molecule has 2 aromatic rings. The van der Waals surface area contributed by atoms with E-state index in [1.807, 2.05) is 30.3 Å². The fourth-order valence-corrected chi connectivity index (χ4v) is 4.48. The summed E-state index contributed by atoms with van der Waals surface area (Å²) < 4.78 is 24.1. The largest absolute Gasteiger partial charge is 0.496 e. The summed E-state index contributed by atoms with van der Waals surface area (Å²) in [4.78, 5) is 9.65. The van der Waals surface area contributed by atoms with Gasteiger partial charge in [0.25, 0.3) is 0 Å². The predicted molar refractivity (Wildman–Crippen MR) is 107 cm³/mol. The van der Waals surface area contributed by atoms with Gasteiger partial charge in [-0.1, -0.05) is 24.3 Å². The van der Waals surface area contributed by atoms with Gasteiger partial charge in [0, 0.05) is 29.7 Å². The highest BCUT2D eigenvalue weighted by Crippen LogP contribution is 2.39. The number of nitrogens with zero attached hydrogens (tertiary/aromatic N) is 1. The molecule has 0 saturated carbocycles. The van der Waals surface area contributed by atoms with Gasteiger partial charge >= 0.3 is 7.67 Å². The van der Waals surface area contributed by atoms with Gasteiger partial charge in [-0.05, 0) is 18.1 Å². The van der Waals surface area contributed by atoms with E-state index in [9.17, 15) is 9.46 Å². The van der Waals surface area contributed by atoms with Crippen molar-refractivity contribution in [3.8, 4) is 11.5 Å². The normalized spacial score (nSPS) is 15.0. The number of nitrogens with two attached hydrogens (primary N) is 1. The lowest BCUT2D eigenvalue weighted by atomic mass is 10.0. The van der Waals surface area contributed by atoms with Crippen LogP contribution in [0, 0.1) is 0 Å². The van der Waals surface area contributed by atoms with Crippen molar-refractivity contribution < 1.29 is 18.9 Å². The summed E-state index contributed by atoms with van der Waals surface area (Å²) in [6, 6.07) is 9.63. The van der Waals surface area contributed by atoms with Gasteiger partial charge in [0.05, 0.1) is 19.6 Å². The van der Waals surface area contributed by atoms with E-state index in [1.54, 1.807) is 14.2 Å². The van der Waals surface area contributed by atoms with Crippen LogP contribution in [-0.4, -0.2) is 48.1 Å². The molecular formula is C17H23Cl2N2O4P. The highest BCUT2D eigenvalue weighted by molar-refractivity contribution is 7.52. The maximum absolute atomic E-state index is 11.8. The minimum absolute atomic E-state index is 0.122. The summed E-state index contributed by atoms with van der Waals surface area (Å²) in [5.74, 6) is 1.60. The highest BCUT2D eigenvalue weighted by atomic mass is 35.5. The fourth-order valence-electron chi connectivity index (χ4n) is 2.91. The minimum Gasteiger partial charge on any atom is -0.496 e. The second kappa shape index (κ2) is 9.27. The Morgan fingerprint density at radius 1 is 1.27 bits per heavy atom. The van der Waals surface area contributed by atoms with Crippen molar-refractivity contribution in [2.75, 3.05) is 33.2 Å². The molecule has 0 aliphatic heterocycles. The summed E-state index contributed by atoms with van der Waals surface area (Å²) in [5.41, 5.74) is 6.20. The van der Waals surface area contributed by atoms with Crippen LogP contribution in [0.25, 0.3) is 10.8 Å². The van der Waals surface area contributed by atoms with E-state index in [1.165, 1.54) is 4.67 Å². The molecule has 0 saturated heterocycles.